The second-order valence-corrected chi connectivity index (χ2v) is 3.75. The largest absolute Gasteiger partial charge is 0.299 e. The molecule has 2 rings (SSSR count). The van der Waals surface area contributed by atoms with Gasteiger partial charge in [-0.3, -0.25) is 9.59 Å². The van der Waals surface area contributed by atoms with E-state index in [1.54, 1.807) is 5.51 Å². The smallest absolute Gasteiger partial charge is 0.146 e. The topological polar surface area (TPSA) is 59.9 Å². The number of aromatic nitrogens is 2. The quantitative estimate of drug-likeness (QED) is 0.627. The zero-order valence-corrected chi connectivity index (χ0v) is 7.71. The maximum Gasteiger partial charge on any atom is 0.146 e. The third kappa shape index (κ3) is 1.80. The molecular formula is C8H8N2O2S. The highest BCUT2D eigenvalue weighted by atomic mass is 32.1. The van der Waals surface area contributed by atoms with E-state index in [2.05, 4.69) is 9.36 Å². The Labute approximate surface area is 79.2 Å². The van der Waals surface area contributed by atoms with Crippen LogP contribution in [0.4, 0.5) is 0 Å². The first-order valence-electron chi connectivity index (χ1n) is 4.05. The monoisotopic (exact) mass is 196 g/mol. The standard InChI is InChI=1S/C8H8N2O2S/c11-6-1-5(2-7(12)3-6)8-9-4-13-10-8/h4-5H,1-3H2. The van der Waals surface area contributed by atoms with Crippen LogP contribution in [0.25, 0.3) is 0 Å². The highest BCUT2D eigenvalue weighted by molar-refractivity contribution is 7.03. The van der Waals surface area contributed by atoms with E-state index in [9.17, 15) is 9.59 Å². The molecule has 1 aliphatic carbocycles. The lowest BCUT2D eigenvalue weighted by atomic mass is 9.87. The Balaban J connectivity index is 2.16. The van der Waals surface area contributed by atoms with Crippen LogP contribution in [-0.2, 0) is 9.59 Å². The summed E-state index contributed by atoms with van der Waals surface area (Å²) in [6, 6.07) is 0. The summed E-state index contributed by atoms with van der Waals surface area (Å²) in [4.78, 5) is 26.2. The van der Waals surface area contributed by atoms with Crippen molar-refractivity contribution in [3.8, 4) is 0 Å². The van der Waals surface area contributed by atoms with Crippen LogP contribution < -0.4 is 0 Å². The Bertz CT molecular complexity index is 318. The predicted molar refractivity (Wildman–Crippen MR) is 46.5 cm³/mol. The Morgan fingerprint density at radius 3 is 2.54 bits per heavy atom. The molecule has 4 nitrogen and oxygen atoms in total. The van der Waals surface area contributed by atoms with Crippen molar-refractivity contribution in [2.45, 2.75) is 25.2 Å². The fourth-order valence-electron chi connectivity index (χ4n) is 1.53. The number of hydrogen-bond acceptors (Lipinski definition) is 5. The van der Waals surface area contributed by atoms with Gasteiger partial charge >= 0.3 is 0 Å². The molecule has 5 heteroatoms. The molecule has 1 saturated carbocycles. The molecule has 13 heavy (non-hydrogen) atoms. The van der Waals surface area contributed by atoms with Crippen molar-refractivity contribution in [3.05, 3.63) is 11.3 Å². The van der Waals surface area contributed by atoms with Crippen molar-refractivity contribution in [2.75, 3.05) is 0 Å². The highest BCUT2D eigenvalue weighted by Gasteiger charge is 2.28. The summed E-state index contributed by atoms with van der Waals surface area (Å²) >= 11 is 1.25. The van der Waals surface area contributed by atoms with Crippen LogP contribution in [-0.4, -0.2) is 20.9 Å². The Kier molecular flexibility index (Phi) is 2.18. The maximum atomic E-state index is 11.1. The normalized spacial score (nSPS) is 19.4. The van der Waals surface area contributed by atoms with Crippen molar-refractivity contribution in [1.82, 2.24) is 9.36 Å². The number of rotatable bonds is 1. The van der Waals surface area contributed by atoms with Gasteiger partial charge in [-0.2, -0.15) is 4.37 Å². The van der Waals surface area contributed by atoms with Gasteiger partial charge in [0.2, 0.25) is 0 Å². The first-order valence-corrected chi connectivity index (χ1v) is 4.89. The minimum Gasteiger partial charge on any atom is -0.299 e. The third-order valence-electron chi connectivity index (χ3n) is 2.09. The van der Waals surface area contributed by atoms with Crippen LogP contribution in [0.1, 0.15) is 31.0 Å². The Hall–Kier alpha value is -1.10. The molecule has 68 valence electrons. The number of Topliss-reactive ketones (excluding diaryl/α,β-unsaturated/α-hetero) is 2. The van der Waals surface area contributed by atoms with E-state index in [1.807, 2.05) is 0 Å². The average molecular weight is 196 g/mol. The summed E-state index contributed by atoms with van der Waals surface area (Å²) in [7, 11) is 0. The van der Waals surface area contributed by atoms with Crippen molar-refractivity contribution < 1.29 is 9.59 Å². The highest BCUT2D eigenvalue weighted by Crippen LogP contribution is 2.26. The van der Waals surface area contributed by atoms with Gasteiger partial charge in [-0.25, -0.2) is 4.98 Å². The molecule has 0 spiro atoms. The van der Waals surface area contributed by atoms with Gasteiger partial charge in [0.25, 0.3) is 0 Å². The average Bonchev–Trinajstić information content (AvgIpc) is 2.53. The number of carbonyl (C=O) groups excluding carboxylic acids is 2. The minimum absolute atomic E-state index is 0.0102. The molecule has 0 bridgehead atoms. The summed E-state index contributed by atoms with van der Waals surface area (Å²) in [6.07, 6.45) is 0.936. The molecule has 1 aromatic heterocycles. The van der Waals surface area contributed by atoms with E-state index in [0.717, 1.165) is 0 Å². The predicted octanol–water partition coefficient (Wildman–Crippen LogP) is 0.944. The zero-order chi connectivity index (χ0) is 9.26. The SMILES string of the molecule is O=C1CC(=O)CC(c2ncsn2)C1. The van der Waals surface area contributed by atoms with Crippen LogP contribution in [0, 0.1) is 0 Å². The molecule has 0 amide bonds. The van der Waals surface area contributed by atoms with Gasteiger partial charge < -0.3 is 0 Å². The zero-order valence-electron chi connectivity index (χ0n) is 6.90. The summed E-state index contributed by atoms with van der Waals surface area (Å²) in [6.45, 7) is 0. The van der Waals surface area contributed by atoms with Gasteiger partial charge in [-0.1, -0.05) is 0 Å². The van der Waals surface area contributed by atoms with Crippen molar-refractivity contribution in [1.29, 1.82) is 0 Å². The molecule has 0 N–H and O–H groups in total. The summed E-state index contributed by atoms with van der Waals surface area (Å²) in [5.41, 5.74) is 1.62. The molecule has 0 saturated heterocycles. The van der Waals surface area contributed by atoms with E-state index in [4.69, 9.17) is 0 Å². The van der Waals surface area contributed by atoms with E-state index < -0.39 is 0 Å². The molecule has 0 atom stereocenters. The van der Waals surface area contributed by atoms with Crippen LogP contribution in [0.3, 0.4) is 0 Å². The van der Waals surface area contributed by atoms with E-state index in [1.165, 1.54) is 11.5 Å². The Morgan fingerprint density at radius 1 is 1.31 bits per heavy atom. The molecular weight excluding hydrogens is 188 g/mol. The van der Waals surface area contributed by atoms with Gasteiger partial charge in [0.1, 0.15) is 22.9 Å². The first kappa shape index (κ1) is 8.50. The maximum absolute atomic E-state index is 11.1. The summed E-state index contributed by atoms with van der Waals surface area (Å²) in [5.74, 6) is 0.596. The third-order valence-corrected chi connectivity index (χ3v) is 2.58. The molecule has 1 fully saturated rings. The summed E-state index contributed by atoms with van der Waals surface area (Å²) in [5, 5.41) is 0. The van der Waals surface area contributed by atoms with Crippen molar-refractivity contribution in [2.24, 2.45) is 0 Å². The molecule has 0 aromatic carbocycles. The fraction of sp³-hybridized carbons (Fsp3) is 0.500. The first-order chi connectivity index (χ1) is 6.25. The number of nitrogens with zero attached hydrogens (tertiary/aromatic N) is 2. The minimum atomic E-state index is -0.0694. The second-order valence-electron chi connectivity index (χ2n) is 3.15. The van der Waals surface area contributed by atoms with Gasteiger partial charge in [-0.05, 0) is 11.5 Å². The lowest BCUT2D eigenvalue weighted by Crippen LogP contribution is -2.21. The van der Waals surface area contributed by atoms with E-state index >= 15 is 0 Å². The van der Waals surface area contributed by atoms with Crippen LogP contribution in [0.2, 0.25) is 0 Å². The van der Waals surface area contributed by atoms with Gasteiger partial charge in [-0.15, -0.1) is 0 Å². The van der Waals surface area contributed by atoms with Gasteiger partial charge in [0.15, 0.2) is 0 Å². The summed E-state index contributed by atoms with van der Waals surface area (Å²) < 4.78 is 4.03. The lowest BCUT2D eigenvalue weighted by molar-refractivity contribution is -0.130. The number of hydrogen-bond donors (Lipinski definition) is 0. The van der Waals surface area contributed by atoms with Crippen LogP contribution >= 0.6 is 11.5 Å². The lowest BCUT2D eigenvalue weighted by Gasteiger charge is -2.16. The molecule has 0 radical (unpaired) electrons. The number of carbonyl (C=O) groups is 2. The molecule has 0 aliphatic heterocycles. The molecule has 1 heterocycles. The van der Waals surface area contributed by atoms with E-state index in [0.29, 0.717) is 18.7 Å². The van der Waals surface area contributed by atoms with E-state index in [-0.39, 0.29) is 23.9 Å². The van der Waals surface area contributed by atoms with Gasteiger partial charge in [0, 0.05) is 18.8 Å². The molecule has 1 aromatic rings. The van der Waals surface area contributed by atoms with Crippen molar-refractivity contribution in [3.63, 3.8) is 0 Å². The fourth-order valence-corrected chi connectivity index (χ4v) is 2.03. The Morgan fingerprint density at radius 2 is 2.00 bits per heavy atom. The van der Waals surface area contributed by atoms with Crippen LogP contribution in [0.15, 0.2) is 5.51 Å². The number of ketones is 2. The van der Waals surface area contributed by atoms with Crippen molar-refractivity contribution >= 4 is 23.1 Å². The molecule has 1 aliphatic rings. The van der Waals surface area contributed by atoms with Crippen LogP contribution in [0.5, 0.6) is 0 Å². The second kappa shape index (κ2) is 3.33. The van der Waals surface area contributed by atoms with Gasteiger partial charge in [0.05, 0.1) is 6.42 Å². The molecule has 0 unspecified atom stereocenters.